The Balaban J connectivity index is 1.56. The molecule has 5 heteroatoms. The van der Waals surface area contributed by atoms with Crippen LogP contribution in [0.25, 0.3) is 16.3 Å². The summed E-state index contributed by atoms with van der Waals surface area (Å²) in [6.07, 6.45) is 12.2. The maximum Gasteiger partial charge on any atom is 0.298 e. The fraction of sp³-hybridized carbons (Fsp3) is 0.192. The number of thiazole rings is 1. The molecule has 1 aromatic heterocycles. The van der Waals surface area contributed by atoms with E-state index in [-0.39, 0.29) is 0 Å². The van der Waals surface area contributed by atoms with Crippen molar-refractivity contribution in [3.63, 3.8) is 0 Å². The summed E-state index contributed by atoms with van der Waals surface area (Å²) in [4.78, 5) is 2.32. The van der Waals surface area contributed by atoms with Crippen molar-refractivity contribution in [2.45, 2.75) is 4.34 Å². The van der Waals surface area contributed by atoms with Crippen LogP contribution in [0, 0.1) is 0 Å². The molecule has 0 radical (unpaired) electrons. The monoisotopic (exact) mass is 449 g/mol. The summed E-state index contributed by atoms with van der Waals surface area (Å²) in [7, 11) is 6.33. The molecule has 0 saturated carbocycles. The lowest BCUT2D eigenvalue weighted by atomic mass is 10.1. The number of anilines is 1. The van der Waals surface area contributed by atoms with Crippen LogP contribution >= 0.6 is 23.1 Å². The van der Waals surface area contributed by atoms with Gasteiger partial charge in [0.05, 0.1) is 13.2 Å². The quantitative estimate of drug-likeness (QED) is 0.273. The van der Waals surface area contributed by atoms with Crippen LogP contribution < -0.4 is 14.8 Å². The van der Waals surface area contributed by atoms with E-state index in [2.05, 4.69) is 96.9 Å². The second-order valence-corrected chi connectivity index (χ2v) is 9.56. The van der Waals surface area contributed by atoms with Crippen LogP contribution in [0.1, 0.15) is 5.56 Å². The van der Waals surface area contributed by atoms with E-state index in [1.165, 1.54) is 25.8 Å². The Morgan fingerprint density at radius 3 is 2.65 bits per heavy atom. The first-order valence-electron chi connectivity index (χ1n) is 10.4. The number of quaternary nitrogens is 1. The van der Waals surface area contributed by atoms with Gasteiger partial charge in [-0.2, -0.15) is 4.57 Å². The Morgan fingerprint density at radius 1 is 1.16 bits per heavy atom. The molecular weight excluding hydrogens is 418 g/mol. The Kier molecular flexibility index (Phi) is 8.71. The molecule has 0 spiro atoms. The van der Waals surface area contributed by atoms with Gasteiger partial charge in [0.25, 0.3) is 4.34 Å². The summed E-state index contributed by atoms with van der Waals surface area (Å²) in [5.41, 5.74) is 4.86. The van der Waals surface area contributed by atoms with Crippen LogP contribution in [-0.4, -0.2) is 26.4 Å². The van der Waals surface area contributed by atoms with Crippen LogP contribution in [0.4, 0.5) is 5.69 Å². The zero-order valence-electron chi connectivity index (χ0n) is 18.5. The number of hydrogen-bond donors (Lipinski definition) is 1. The number of nitrogens with two attached hydrogens (primary N) is 1. The number of thioether (sulfide) groups is 1. The van der Waals surface area contributed by atoms with Crippen molar-refractivity contribution < 1.29 is 9.88 Å². The molecule has 0 saturated heterocycles. The van der Waals surface area contributed by atoms with Crippen molar-refractivity contribution in [3.8, 4) is 0 Å². The maximum absolute atomic E-state index is 3.79. The van der Waals surface area contributed by atoms with Gasteiger partial charge in [0.15, 0.2) is 0 Å². The highest BCUT2D eigenvalue weighted by Gasteiger charge is 2.16. The number of allylic oxidation sites excluding steroid dienone is 5. The minimum atomic E-state index is 0.999. The Labute approximate surface area is 194 Å². The summed E-state index contributed by atoms with van der Waals surface area (Å²) in [6.45, 7) is 4.79. The Bertz CT molecular complexity index is 1090. The van der Waals surface area contributed by atoms with E-state index in [4.69, 9.17) is 0 Å². The van der Waals surface area contributed by atoms with Gasteiger partial charge in [-0.05, 0) is 47.2 Å². The fourth-order valence-electron chi connectivity index (χ4n) is 3.15. The SMILES string of the molecule is C=CC=C(C=C[NH2+]C)C=Cc1ccc(N(C)CCSc2sc3ccccc3[n+]2C)cc1. The van der Waals surface area contributed by atoms with Gasteiger partial charge in [0, 0.05) is 31.1 Å². The molecule has 3 nitrogen and oxygen atoms in total. The molecule has 31 heavy (non-hydrogen) atoms. The number of rotatable bonds is 10. The highest BCUT2D eigenvalue weighted by molar-refractivity contribution is 8.01. The van der Waals surface area contributed by atoms with Gasteiger partial charge in [0.2, 0.25) is 5.52 Å². The van der Waals surface area contributed by atoms with Gasteiger partial charge in [-0.25, -0.2) is 0 Å². The van der Waals surface area contributed by atoms with Gasteiger partial charge >= 0.3 is 0 Å². The van der Waals surface area contributed by atoms with Gasteiger partial charge in [0.1, 0.15) is 11.7 Å². The predicted octanol–water partition coefficient (Wildman–Crippen LogP) is 4.79. The topological polar surface area (TPSA) is 23.7 Å². The second kappa shape index (κ2) is 11.7. The zero-order valence-corrected chi connectivity index (χ0v) is 20.1. The lowest BCUT2D eigenvalue weighted by Gasteiger charge is -2.18. The molecule has 1 heterocycles. The average Bonchev–Trinajstić information content (AvgIpc) is 3.11. The third-order valence-corrected chi connectivity index (χ3v) is 7.47. The van der Waals surface area contributed by atoms with Gasteiger partial charge in [-0.3, -0.25) is 0 Å². The molecule has 0 aliphatic heterocycles. The first-order chi connectivity index (χ1) is 15.1. The van der Waals surface area contributed by atoms with Crippen molar-refractivity contribution in [2.24, 2.45) is 7.05 Å². The number of hydrogen-bond acceptors (Lipinski definition) is 3. The highest BCUT2D eigenvalue weighted by atomic mass is 32.2. The molecule has 0 amide bonds. The maximum atomic E-state index is 3.79. The van der Waals surface area contributed by atoms with Crippen LogP contribution in [-0.2, 0) is 7.05 Å². The molecule has 0 fully saturated rings. The van der Waals surface area contributed by atoms with Crippen molar-refractivity contribution in [2.75, 3.05) is 31.3 Å². The predicted molar refractivity (Wildman–Crippen MR) is 138 cm³/mol. The van der Waals surface area contributed by atoms with Crippen LogP contribution in [0.5, 0.6) is 0 Å². The third-order valence-electron chi connectivity index (χ3n) is 4.94. The lowest BCUT2D eigenvalue weighted by Crippen LogP contribution is -2.72. The number of aromatic nitrogens is 1. The Hall–Kier alpha value is -2.60. The van der Waals surface area contributed by atoms with E-state index in [1.54, 1.807) is 0 Å². The molecule has 3 aromatic rings. The molecule has 0 aliphatic carbocycles. The van der Waals surface area contributed by atoms with Gasteiger partial charge in [-0.15, -0.1) is 0 Å². The fourth-order valence-corrected chi connectivity index (χ4v) is 5.62. The van der Waals surface area contributed by atoms with Gasteiger partial charge in [-0.1, -0.05) is 66.5 Å². The molecule has 0 unspecified atom stereocenters. The molecule has 2 N–H and O–H groups in total. The highest BCUT2D eigenvalue weighted by Crippen LogP contribution is 2.27. The first-order valence-corrected chi connectivity index (χ1v) is 12.2. The third kappa shape index (κ3) is 6.44. The van der Waals surface area contributed by atoms with Crippen molar-refractivity contribution in [1.29, 1.82) is 0 Å². The first kappa shape index (κ1) is 23.1. The van der Waals surface area contributed by atoms with E-state index in [0.717, 1.165) is 17.9 Å². The Morgan fingerprint density at radius 2 is 1.94 bits per heavy atom. The largest absolute Gasteiger partial charge is 0.374 e. The van der Waals surface area contributed by atoms with Crippen molar-refractivity contribution in [3.05, 3.63) is 96.8 Å². The van der Waals surface area contributed by atoms with Crippen molar-refractivity contribution in [1.82, 2.24) is 0 Å². The zero-order chi connectivity index (χ0) is 22.1. The number of para-hydroxylation sites is 1. The minimum Gasteiger partial charge on any atom is -0.374 e. The number of nitrogens with zero attached hydrogens (tertiary/aromatic N) is 2. The summed E-state index contributed by atoms with van der Waals surface area (Å²) in [5, 5.41) is 2.02. The lowest BCUT2D eigenvalue weighted by molar-refractivity contribution is -0.676. The second-order valence-electron chi connectivity index (χ2n) is 7.18. The van der Waals surface area contributed by atoms with Crippen LogP contribution in [0.2, 0.25) is 0 Å². The summed E-state index contributed by atoms with van der Waals surface area (Å²) < 4.78 is 5.00. The number of aryl methyl sites for hydroxylation is 1. The number of fused-ring (bicyclic) bond motifs is 1. The number of benzene rings is 2. The van der Waals surface area contributed by atoms with Crippen molar-refractivity contribution >= 4 is 45.1 Å². The summed E-state index contributed by atoms with van der Waals surface area (Å²) >= 11 is 3.80. The molecule has 0 atom stereocenters. The van der Waals surface area contributed by atoms with Crippen LogP contribution in [0.15, 0.2) is 95.5 Å². The molecule has 3 rings (SSSR count). The van der Waals surface area contributed by atoms with E-state index in [1.807, 2.05) is 53.8 Å². The van der Waals surface area contributed by atoms with E-state index < -0.39 is 0 Å². The molecule has 2 aromatic carbocycles. The van der Waals surface area contributed by atoms with E-state index >= 15 is 0 Å². The van der Waals surface area contributed by atoms with Gasteiger partial charge < -0.3 is 10.2 Å². The molecule has 160 valence electrons. The van der Waals surface area contributed by atoms with E-state index in [0.29, 0.717) is 0 Å². The van der Waals surface area contributed by atoms with Crippen LogP contribution in [0.3, 0.4) is 0 Å². The normalized spacial score (nSPS) is 12.3. The minimum absolute atomic E-state index is 0.999. The summed E-state index contributed by atoms with van der Waals surface area (Å²) in [6, 6.07) is 17.3. The smallest absolute Gasteiger partial charge is 0.298 e. The molecule has 0 bridgehead atoms. The molecule has 0 aliphatic rings. The standard InChI is InChI=1S/C26H30N3S2/c1-5-8-21(17-18-27-2)11-12-22-13-15-23(16-14-22)28(3)19-20-30-26-29(4)24-9-6-7-10-25(24)31-26/h5-18,27H,1,19-20H2,2-4H3/q+1/p+1. The van der Waals surface area contributed by atoms with E-state index in [9.17, 15) is 0 Å². The average molecular weight is 450 g/mol. The summed E-state index contributed by atoms with van der Waals surface area (Å²) in [5.74, 6) is 1.05. The molecular formula is C26H31N3S2+2.